The first kappa shape index (κ1) is 18.9. The van der Waals surface area contributed by atoms with Crippen molar-refractivity contribution in [3.05, 3.63) is 58.3 Å². The molecule has 0 unspecified atom stereocenters. The van der Waals surface area contributed by atoms with E-state index in [0.717, 1.165) is 48.5 Å². The van der Waals surface area contributed by atoms with E-state index in [1.54, 1.807) is 7.11 Å². The zero-order chi connectivity index (χ0) is 17.4. The van der Waals surface area contributed by atoms with Crippen LogP contribution in [0.5, 0.6) is 5.75 Å². The quantitative estimate of drug-likeness (QED) is 0.649. The largest absolute Gasteiger partial charge is 0.496 e. The second kappa shape index (κ2) is 9.77. The van der Waals surface area contributed by atoms with Crippen LogP contribution in [0.1, 0.15) is 17.7 Å². The third kappa shape index (κ3) is 6.23. The second-order valence-corrected chi connectivity index (χ2v) is 7.01. The number of rotatable bonds is 9. The molecule has 2 aromatic rings. The topological polar surface area (TPSA) is 28.6 Å². The summed E-state index contributed by atoms with van der Waals surface area (Å²) in [7, 11) is 5.92. The molecule has 130 valence electrons. The van der Waals surface area contributed by atoms with Crippen LogP contribution in [0, 0.1) is 0 Å². The van der Waals surface area contributed by atoms with Crippen LogP contribution in [0.15, 0.2) is 47.1 Å². The molecule has 0 aliphatic heterocycles. The molecule has 0 aliphatic rings. The zero-order valence-corrected chi connectivity index (χ0v) is 16.3. The third-order valence-corrected chi connectivity index (χ3v) is 4.43. The summed E-state index contributed by atoms with van der Waals surface area (Å²) >= 11 is 3.57. The van der Waals surface area contributed by atoms with Gasteiger partial charge < -0.3 is 9.64 Å². The number of methoxy groups -OCH3 is 1. The number of ether oxygens (including phenoxy) is 1. The van der Waals surface area contributed by atoms with Crippen LogP contribution in [0.2, 0.25) is 0 Å². The van der Waals surface area contributed by atoms with Crippen LogP contribution >= 0.6 is 15.9 Å². The lowest BCUT2D eigenvalue weighted by Crippen LogP contribution is -2.27. The van der Waals surface area contributed by atoms with Crippen LogP contribution in [0.3, 0.4) is 0 Å². The minimum Gasteiger partial charge on any atom is -0.496 e. The summed E-state index contributed by atoms with van der Waals surface area (Å²) < 4.78 is 6.31. The SMILES string of the molecule is COc1ccc(CN(CCCN(C)C)Cc2ccccn2)cc1Br. The van der Waals surface area contributed by atoms with Crippen molar-refractivity contribution in [2.24, 2.45) is 0 Å². The van der Waals surface area contributed by atoms with Gasteiger partial charge in [0.2, 0.25) is 0 Å². The normalized spacial score (nSPS) is 11.2. The fraction of sp³-hybridized carbons (Fsp3) is 0.421. The summed E-state index contributed by atoms with van der Waals surface area (Å²) in [5.74, 6) is 0.864. The molecule has 2 rings (SSSR count). The van der Waals surface area contributed by atoms with Crippen molar-refractivity contribution in [3.8, 4) is 5.75 Å². The molecule has 0 N–H and O–H groups in total. The lowest BCUT2D eigenvalue weighted by atomic mass is 10.2. The average molecular weight is 392 g/mol. The highest BCUT2D eigenvalue weighted by Gasteiger charge is 2.10. The molecule has 4 nitrogen and oxygen atoms in total. The Labute approximate surface area is 153 Å². The molecular formula is C19H26BrN3O. The number of hydrogen-bond donors (Lipinski definition) is 0. The van der Waals surface area contributed by atoms with E-state index in [-0.39, 0.29) is 0 Å². The van der Waals surface area contributed by atoms with Gasteiger partial charge in [-0.2, -0.15) is 0 Å². The smallest absolute Gasteiger partial charge is 0.133 e. The van der Waals surface area contributed by atoms with Crippen molar-refractivity contribution in [2.75, 3.05) is 34.3 Å². The Balaban J connectivity index is 2.05. The van der Waals surface area contributed by atoms with Crippen molar-refractivity contribution in [1.29, 1.82) is 0 Å². The molecule has 1 aromatic carbocycles. The molecule has 0 spiro atoms. The number of benzene rings is 1. The molecule has 24 heavy (non-hydrogen) atoms. The minimum absolute atomic E-state index is 0.859. The summed E-state index contributed by atoms with van der Waals surface area (Å²) in [5.41, 5.74) is 2.37. The molecule has 0 saturated heterocycles. The average Bonchev–Trinajstić information content (AvgIpc) is 2.55. The predicted molar refractivity (Wildman–Crippen MR) is 102 cm³/mol. The van der Waals surface area contributed by atoms with Crippen LogP contribution < -0.4 is 4.74 Å². The molecule has 0 amide bonds. The Morgan fingerprint density at radius 1 is 1.08 bits per heavy atom. The van der Waals surface area contributed by atoms with Crippen molar-refractivity contribution >= 4 is 15.9 Å². The van der Waals surface area contributed by atoms with Gasteiger partial charge in [-0.3, -0.25) is 9.88 Å². The van der Waals surface area contributed by atoms with Gasteiger partial charge in [-0.15, -0.1) is 0 Å². The number of nitrogens with zero attached hydrogens (tertiary/aromatic N) is 3. The van der Waals surface area contributed by atoms with Gasteiger partial charge in [0, 0.05) is 25.8 Å². The van der Waals surface area contributed by atoms with Crippen LogP contribution in [0.4, 0.5) is 0 Å². The van der Waals surface area contributed by atoms with E-state index in [9.17, 15) is 0 Å². The molecule has 0 aliphatic carbocycles. The zero-order valence-electron chi connectivity index (χ0n) is 14.7. The Morgan fingerprint density at radius 2 is 1.92 bits per heavy atom. The maximum Gasteiger partial charge on any atom is 0.133 e. The molecule has 0 bridgehead atoms. The maximum atomic E-state index is 5.32. The molecule has 0 radical (unpaired) electrons. The molecule has 1 heterocycles. The monoisotopic (exact) mass is 391 g/mol. The number of aromatic nitrogens is 1. The van der Waals surface area contributed by atoms with E-state index in [2.05, 4.69) is 63.0 Å². The highest BCUT2D eigenvalue weighted by Crippen LogP contribution is 2.26. The van der Waals surface area contributed by atoms with Gasteiger partial charge in [-0.25, -0.2) is 0 Å². The fourth-order valence-electron chi connectivity index (χ4n) is 2.61. The molecular weight excluding hydrogens is 366 g/mol. The van der Waals surface area contributed by atoms with Crippen molar-refractivity contribution < 1.29 is 4.74 Å². The van der Waals surface area contributed by atoms with E-state index < -0.39 is 0 Å². The Kier molecular flexibility index (Phi) is 7.69. The predicted octanol–water partition coefficient (Wildman–Crippen LogP) is 3.81. The summed E-state index contributed by atoms with van der Waals surface area (Å²) in [5, 5.41) is 0. The highest BCUT2D eigenvalue weighted by atomic mass is 79.9. The molecule has 0 atom stereocenters. The third-order valence-electron chi connectivity index (χ3n) is 3.81. The standard InChI is InChI=1S/C19H26BrN3O/c1-22(2)11-6-12-23(15-17-7-4-5-10-21-17)14-16-8-9-19(24-3)18(20)13-16/h4-5,7-10,13H,6,11-12,14-15H2,1-3H3. The van der Waals surface area contributed by atoms with E-state index in [1.807, 2.05) is 24.4 Å². The van der Waals surface area contributed by atoms with Gasteiger partial charge in [-0.1, -0.05) is 12.1 Å². The van der Waals surface area contributed by atoms with Crippen LogP contribution in [-0.4, -0.2) is 49.1 Å². The van der Waals surface area contributed by atoms with Crippen molar-refractivity contribution in [1.82, 2.24) is 14.8 Å². The first-order chi connectivity index (χ1) is 11.6. The van der Waals surface area contributed by atoms with Gasteiger partial charge in [0.15, 0.2) is 0 Å². The summed E-state index contributed by atoms with van der Waals surface area (Å²) in [6.07, 6.45) is 2.99. The van der Waals surface area contributed by atoms with Gasteiger partial charge in [0.25, 0.3) is 0 Å². The van der Waals surface area contributed by atoms with E-state index in [0.29, 0.717) is 0 Å². The second-order valence-electron chi connectivity index (χ2n) is 6.16. The molecule has 1 aromatic heterocycles. The maximum absolute atomic E-state index is 5.32. The van der Waals surface area contributed by atoms with Crippen molar-refractivity contribution in [3.63, 3.8) is 0 Å². The molecule has 0 saturated carbocycles. The first-order valence-electron chi connectivity index (χ1n) is 8.18. The van der Waals surface area contributed by atoms with Crippen molar-refractivity contribution in [2.45, 2.75) is 19.5 Å². The summed E-state index contributed by atoms with van der Waals surface area (Å²) in [6, 6.07) is 12.4. The van der Waals surface area contributed by atoms with E-state index >= 15 is 0 Å². The Bertz CT molecular complexity index is 619. The minimum atomic E-state index is 0.859. The van der Waals surface area contributed by atoms with Gasteiger partial charge in [-0.05, 0) is 72.8 Å². The highest BCUT2D eigenvalue weighted by molar-refractivity contribution is 9.10. The summed E-state index contributed by atoms with van der Waals surface area (Å²) in [6.45, 7) is 3.88. The van der Waals surface area contributed by atoms with Gasteiger partial charge in [0.1, 0.15) is 5.75 Å². The van der Waals surface area contributed by atoms with Crippen LogP contribution in [0.25, 0.3) is 0 Å². The van der Waals surface area contributed by atoms with Gasteiger partial charge in [0.05, 0.1) is 17.3 Å². The Hall–Kier alpha value is -1.43. The number of pyridine rings is 1. The number of hydrogen-bond acceptors (Lipinski definition) is 4. The number of halogens is 1. The Morgan fingerprint density at radius 3 is 2.54 bits per heavy atom. The summed E-state index contributed by atoms with van der Waals surface area (Å²) in [4.78, 5) is 9.14. The van der Waals surface area contributed by atoms with Gasteiger partial charge >= 0.3 is 0 Å². The first-order valence-corrected chi connectivity index (χ1v) is 8.97. The van der Waals surface area contributed by atoms with Crippen LogP contribution in [-0.2, 0) is 13.1 Å². The van der Waals surface area contributed by atoms with E-state index in [1.165, 1.54) is 5.56 Å². The lowest BCUT2D eigenvalue weighted by molar-refractivity contribution is 0.237. The molecule has 0 fully saturated rings. The lowest BCUT2D eigenvalue weighted by Gasteiger charge is -2.23. The molecule has 5 heteroatoms. The van der Waals surface area contributed by atoms with E-state index in [4.69, 9.17) is 4.74 Å². The fourth-order valence-corrected chi connectivity index (χ4v) is 3.20.